The van der Waals surface area contributed by atoms with E-state index in [-0.39, 0.29) is 0 Å². The Morgan fingerprint density at radius 1 is 1.30 bits per heavy atom. The van der Waals surface area contributed by atoms with Gasteiger partial charge in [0.05, 0.1) is 0 Å². The van der Waals surface area contributed by atoms with Crippen LogP contribution in [-0.4, -0.2) is 12.6 Å². The van der Waals surface area contributed by atoms with Crippen molar-refractivity contribution in [2.24, 2.45) is 0 Å². The molecule has 0 aromatic heterocycles. The molecule has 1 aliphatic rings. The Labute approximate surface area is 124 Å². The fourth-order valence-corrected chi connectivity index (χ4v) is 3.26. The van der Waals surface area contributed by atoms with Gasteiger partial charge in [0, 0.05) is 12.0 Å². The van der Waals surface area contributed by atoms with E-state index in [4.69, 9.17) is 0 Å². The highest BCUT2D eigenvalue weighted by Crippen LogP contribution is 2.38. The molecule has 0 saturated carbocycles. The van der Waals surface area contributed by atoms with Crippen LogP contribution in [0.4, 0.5) is 0 Å². The van der Waals surface area contributed by atoms with Gasteiger partial charge in [0.15, 0.2) is 0 Å². The lowest BCUT2D eigenvalue weighted by molar-refractivity contribution is 0.367. The van der Waals surface area contributed by atoms with Gasteiger partial charge in [-0.25, -0.2) is 0 Å². The summed E-state index contributed by atoms with van der Waals surface area (Å²) in [6.07, 6.45) is 11.0. The monoisotopic (exact) mass is 271 g/mol. The molecule has 0 saturated heterocycles. The van der Waals surface area contributed by atoms with E-state index >= 15 is 0 Å². The average molecular weight is 271 g/mol. The summed E-state index contributed by atoms with van der Waals surface area (Å²) < 4.78 is 0. The molecule has 0 spiro atoms. The van der Waals surface area contributed by atoms with E-state index in [1.807, 2.05) is 6.08 Å². The Morgan fingerprint density at radius 2 is 2.15 bits per heavy atom. The molecule has 1 aliphatic carbocycles. The quantitative estimate of drug-likeness (QED) is 0.475. The SMILES string of the molecule is C=CCCCCCC(NCCC)C1Cc2ccccc21. The van der Waals surface area contributed by atoms with Gasteiger partial charge in [0.2, 0.25) is 0 Å². The maximum absolute atomic E-state index is 3.80. The van der Waals surface area contributed by atoms with E-state index in [0.29, 0.717) is 6.04 Å². The van der Waals surface area contributed by atoms with Crippen molar-refractivity contribution in [3.05, 3.63) is 48.0 Å². The fourth-order valence-electron chi connectivity index (χ4n) is 3.26. The second-order valence-electron chi connectivity index (χ2n) is 6.00. The van der Waals surface area contributed by atoms with Crippen molar-refractivity contribution in [2.45, 2.75) is 63.8 Å². The third kappa shape index (κ3) is 3.96. The third-order valence-electron chi connectivity index (χ3n) is 4.46. The number of nitrogens with one attached hydrogen (secondary N) is 1. The first-order chi connectivity index (χ1) is 9.86. The Morgan fingerprint density at radius 3 is 2.90 bits per heavy atom. The molecule has 0 fully saturated rings. The van der Waals surface area contributed by atoms with Crippen molar-refractivity contribution >= 4 is 0 Å². The first kappa shape index (κ1) is 15.3. The van der Waals surface area contributed by atoms with E-state index in [0.717, 1.165) is 12.5 Å². The Balaban J connectivity index is 1.83. The Hall–Kier alpha value is -1.08. The average Bonchev–Trinajstić information content (AvgIpc) is 2.45. The highest BCUT2D eigenvalue weighted by molar-refractivity contribution is 5.41. The number of hydrogen-bond donors (Lipinski definition) is 1. The maximum atomic E-state index is 3.80. The zero-order chi connectivity index (χ0) is 14.2. The van der Waals surface area contributed by atoms with Crippen LogP contribution in [0.25, 0.3) is 0 Å². The first-order valence-corrected chi connectivity index (χ1v) is 8.29. The fraction of sp³-hybridized carbons (Fsp3) is 0.579. The molecule has 20 heavy (non-hydrogen) atoms. The smallest absolute Gasteiger partial charge is 0.0139 e. The Kier molecular flexibility index (Phi) is 6.32. The topological polar surface area (TPSA) is 12.0 Å². The molecular formula is C19H29N. The van der Waals surface area contributed by atoms with E-state index < -0.39 is 0 Å². The van der Waals surface area contributed by atoms with Gasteiger partial charge in [-0.2, -0.15) is 0 Å². The summed E-state index contributed by atoms with van der Waals surface area (Å²) in [6, 6.07) is 9.63. The molecule has 0 aliphatic heterocycles. The van der Waals surface area contributed by atoms with Crippen LogP contribution < -0.4 is 5.32 Å². The summed E-state index contributed by atoms with van der Waals surface area (Å²) in [5.74, 6) is 0.747. The van der Waals surface area contributed by atoms with Crippen molar-refractivity contribution in [3.63, 3.8) is 0 Å². The van der Waals surface area contributed by atoms with Crippen molar-refractivity contribution in [3.8, 4) is 0 Å². The first-order valence-electron chi connectivity index (χ1n) is 8.29. The van der Waals surface area contributed by atoms with Crippen molar-refractivity contribution in [2.75, 3.05) is 6.54 Å². The van der Waals surface area contributed by atoms with Gasteiger partial charge < -0.3 is 5.32 Å². The number of fused-ring (bicyclic) bond motifs is 1. The number of hydrogen-bond acceptors (Lipinski definition) is 1. The predicted octanol–water partition coefficient (Wildman–Crippen LogP) is 4.83. The van der Waals surface area contributed by atoms with Crippen molar-refractivity contribution in [1.82, 2.24) is 5.32 Å². The summed E-state index contributed by atoms with van der Waals surface area (Å²) in [5, 5.41) is 3.78. The lowest BCUT2D eigenvalue weighted by atomic mass is 9.72. The minimum atomic E-state index is 0.675. The standard InChI is InChI=1S/C19H29N/c1-3-5-6-7-8-13-19(20-14-4-2)18-15-16-11-9-10-12-17(16)18/h3,9-12,18-20H,1,4-8,13-15H2,2H3. The third-order valence-corrected chi connectivity index (χ3v) is 4.46. The van der Waals surface area contributed by atoms with E-state index in [1.54, 1.807) is 11.1 Å². The van der Waals surface area contributed by atoms with Crippen LogP contribution in [0.1, 0.15) is 62.5 Å². The molecule has 0 heterocycles. The van der Waals surface area contributed by atoms with Gasteiger partial charge >= 0.3 is 0 Å². The largest absolute Gasteiger partial charge is 0.313 e. The summed E-state index contributed by atoms with van der Waals surface area (Å²) in [6.45, 7) is 7.20. The molecule has 2 atom stereocenters. The molecular weight excluding hydrogens is 242 g/mol. The zero-order valence-electron chi connectivity index (χ0n) is 12.9. The molecule has 0 bridgehead atoms. The van der Waals surface area contributed by atoms with Crippen LogP contribution in [-0.2, 0) is 6.42 Å². The minimum Gasteiger partial charge on any atom is -0.313 e. The van der Waals surface area contributed by atoms with E-state index in [9.17, 15) is 0 Å². The molecule has 110 valence electrons. The summed E-state index contributed by atoms with van der Waals surface area (Å²) >= 11 is 0. The number of unbranched alkanes of at least 4 members (excludes halogenated alkanes) is 3. The second kappa shape index (κ2) is 8.26. The van der Waals surface area contributed by atoms with Crippen LogP contribution >= 0.6 is 0 Å². The van der Waals surface area contributed by atoms with E-state index in [2.05, 4.69) is 43.1 Å². The molecule has 1 nitrogen and oxygen atoms in total. The van der Waals surface area contributed by atoms with Gasteiger partial charge in [0.25, 0.3) is 0 Å². The van der Waals surface area contributed by atoms with Crippen LogP contribution in [0.2, 0.25) is 0 Å². The minimum absolute atomic E-state index is 0.675. The number of benzene rings is 1. The van der Waals surface area contributed by atoms with Crippen LogP contribution in [0.3, 0.4) is 0 Å². The highest BCUT2D eigenvalue weighted by atomic mass is 14.9. The lowest BCUT2D eigenvalue weighted by Gasteiger charge is -2.37. The van der Waals surface area contributed by atoms with Crippen LogP contribution in [0.5, 0.6) is 0 Å². The number of rotatable bonds is 10. The summed E-state index contributed by atoms with van der Waals surface area (Å²) in [5.41, 5.74) is 3.15. The molecule has 0 radical (unpaired) electrons. The normalized spacial score (nSPS) is 18.1. The lowest BCUT2D eigenvalue weighted by Crippen LogP contribution is -2.40. The molecule has 1 aromatic carbocycles. The van der Waals surface area contributed by atoms with E-state index in [1.165, 1.54) is 44.9 Å². The van der Waals surface area contributed by atoms with Gasteiger partial charge in [-0.3, -0.25) is 0 Å². The molecule has 1 aromatic rings. The molecule has 1 heteroatoms. The molecule has 0 amide bonds. The van der Waals surface area contributed by atoms with Gasteiger partial charge in [-0.05, 0) is 49.8 Å². The predicted molar refractivity (Wildman–Crippen MR) is 88.3 cm³/mol. The van der Waals surface area contributed by atoms with Crippen molar-refractivity contribution < 1.29 is 0 Å². The highest BCUT2D eigenvalue weighted by Gasteiger charge is 2.31. The zero-order valence-corrected chi connectivity index (χ0v) is 12.9. The number of allylic oxidation sites excluding steroid dienone is 1. The maximum Gasteiger partial charge on any atom is 0.0139 e. The molecule has 2 rings (SSSR count). The van der Waals surface area contributed by atoms with Gasteiger partial charge in [0.1, 0.15) is 0 Å². The van der Waals surface area contributed by atoms with Crippen LogP contribution in [0.15, 0.2) is 36.9 Å². The summed E-state index contributed by atoms with van der Waals surface area (Å²) in [4.78, 5) is 0. The van der Waals surface area contributed by atoms with Crippen LogP contribution in [0, 0.1) is 0 Å². The molecule has 1 N–H and O–H groups in total. The summed E-state index contributed by atoms with van der Waals surface area (Å²) in [7, 11) is 0. The van der Waals surface area contributed by atoms with Gasteiger partial charge in [-0.1, -0.05) is 50.1 Å². The molecule has 2 unspecified atom stereocenters. The van der Waals surface area contributed by atoms with Gasteiger partial charge in [-0.15, -0.1) is 6.58 Å². The second-order valence-corrected chi connectivity index (χ2v) is 6.00. The van der Waals surface area contributed by atoms with Crippen molar-refractivity contribution in [1.29, 1.82) is 0 Å². The Bertz CT molecular complexity index is 410.